The molecule has 1 heterocycles. The van der Waals surface area contributed by atoms with E-state index < -0.39 is 15.8 Å². The van der Waals surface area contributed by atoms with Gasteiger partial charge in [0.25, 0.3) is 10.0 Å². The summed E-state index contributed by atoms with van der Waals surface area (Å²) in [5, 5.41) is 8.51. The Morgan fingerprint density at radius 2 is 1.84 bits per heavy atom. The van der Waals surface area contributed by atoms with E-state index in [2.05, 4.69) is 14.9 Å². The quantitative estimate of drug-likeness (QED) is 0.734. The molecule has 25 heavy (non-hydrogen) atoms. The Morgan fingerprint density at radius 1 is 1.12 bits per heavy atom. The molecule has 9 heteroatoms. The molecule has 0 bridgehead atoms. The minimum Gasteiger partial charge on any atom is -0.494 e. The summed E-state index contributed by atoms with van der Waals surface area (Å²) in [5.74, 6) is -0.792. The lowest BCUT2D eigenvalue weighted by atomic mass is 10.2. The average molecular weight is 379 g/mol. The molecule has 1 N–H and O–H groups in total. The van der Waals surface area contributed by atoms with Crippen LogP contribution in [0.3, 0.4) is 0 Å². The van der Waals surface area contributed by atoms with Crippen molar-refractivity contribution < 1.29 is 17.5 Å². The fourth-order valence-corrected chi connectivity index (χ4v) is 4.06. The van der Waals surface area contributed by atoms with Crippen LogP contribution in [0.2, 0.25) is 0 Å². The minimum absolute atomic E-state index is 0.0310. The van der Waals surface area contributed by atoms with Crippen LogP contribution >= 0.6 is 11.3 Å². The average Bonchev–Trinajstić information content (AvgIpc) is 3.03. The van der Waals surface area contributed by atoms with Gasteiger partial charge in [0, 0.05) is 5.56 Å². The molecule has 0 aliphatic carbocycles. The second kappa shape index (κ2) is 6.77. The molecule has 0 spiro atoms. The van der Waals surface area contributed by atoms with Crippen molar-refractivity contribution in [1.82, 2.24) is 10.2 Å². The molecule has 0 radical (unpaired) electrons. The van der Waals surface area contributed by atoms with Crippen molar-refractivity contribution in [3.8, 4) is 16.3 Å². The Hall–Kier alpha value is -2.52. The van der Waals surface area contributed by atoms with Gasteiger partial charge in [0.05, 0.1) is 12.0 Å². The van der Waals surface area contributed by atoms with Crippen LogP contribution in [0.1, 0.15) is 5.56 Å². The zero-order chi connectivity index (χ0) is 18.0. The zero-order valence-corrected chi connectivity index (χ0v) is 15.0. The molecule has 0 aliphatic heterocycles. The molecule has 2 aromatic carbocycles. The number of aryl methyl sites for hydroxylation is 1. The van der Waals surface area contributed by atoms with E-state index in [1.54, 1.807) is 0 Å². The number of hydrogen-bond donors (Lipinski definition) is 1. The molecule has 0 amide bonds. The summed E-state index contributed by atoms with van der Waals surface area (Å²) in [6.45, 7) is 1.97. The third-order valence-electron chi connectivity index (χ3n) is 3.38. The molecule has 6 nitrogen and oxygen atoms in total. The van der Waals surface area contributed by atoms with Crippen LogP contribution in [-0.4, -0.2) is 25.7 Å². The summed E-state index contributed by atoms with van der Waals surface area (Å²) in [7, 11) is -2.67. The molecule has 0 saturated heterocycles. The highest BCUT2D eigenvalue weighted by Crippen LogP contribution is 2.28. The molecule has 3 aromatic rings. The van der Waals surface area contributed by atoms with Crippen molar-refractivity contribution in [1.29, 1.82) is 0 Å². The van der Waals surface area contributed by atoms with Crippen molar-refractivity contribution >= 4 is 26.5 Å². The SMILES string of the molecule is COc1ccc(S(=O)(=O)Nc2nnc(-c3ccc(C)cc3)s2)cc1F. The molecular formula is C16H14FN3O3S2. The fraction of sp³-hybridized carbons (Fsp3) is 0.125. The molecule has 0 saturated carbocycles. The summed E-state index contributed by atoms with van der Waals surface area (Å²) >= 11 is 1.09. The van der Waals surface area contributed by atoms with E-state index in [1.165, 1.54) is 19.2 Å². The van der Waals surface area contributed by atoms with E-state index >= 15 is 0 Å². The molecule has 130 valence electrons. The predicted molar refractivity (Wildman–Crippen MR) is 93.8 cm³/mol. The van der Waals surface area contributed by atoms with Crippen molar-refractivity contribution in [3.05, 3.63) is 53.8 Å². The van der Waals surface area contributed by atoms with Gasteiger partial charge in [0.1, 0.15) is 5.01 Å². The third kappa shape index (κ3) is 3.77. The number of anilines is 1. The number of rotatable bonds is 5. The number of aromatic nitrogens is 2. The van der Waals surface area contributed by atoms with Crippen LogP contribution < -0.4 is 9.46 Å². The fourth-order valence-electron chi connectivity index (χ4n) is 2.07. The number of ether oxygens (including phenoxy) is 1. The topological polar surface area (TPSA) is 81.2 Å². The number of methoxy groups -OCH3 is 1. The Labute approximate surface area is 148 Å². The van der Waals surface area contributed by atoms with E-state index in [1.807, 2.05) is 31.2 Å². The van der Waals surface area contributed by atoms with Crippen LogP contribution in [0.4, 0.5) is 9.52 Å². The normalized spacial score (nSPS) is 11.3. The van der Waals surface area contributed by atoms with Crippen LogP contribution in [-0.2, 0) is 10.0 Å². The van der Waals surface area contributed by atoms with Gasteiger partial charge in [-0.2, -0.15) is 0 Å². The lowest BCUT2D eigenvalue weighted by Gasteiger charge is -2.06. The van der Waals surface area contributed by atoms with Crippen molar-refractivity contribution in [2.75, 3.05) is 11.8 Å². The molecule has 1 aromatic heterocycles. The van der Waals surface area contributed by atoms with Gasteiger partial charge in [0.15, 0.2) is 11.6 Å². The second-order valence-electron chi connectivity index (χ2n) is 5.18. The Balaban J connectivity index is 1.84. The highest BCUT2D eigenvalue weighted by Gasteiger charge is 2.19. The molecule has 3 rings (SSSR count). The van der Waals surface area contributed by atoms with Crippen molar-refractivity contribution in [2.24, 2.45) is 0 Å². The highest BCUT2D eigenvalue weighted by molar-refractivity contribution is 7.93. The maximum absolute atomic E-state index is 13.7. The van der Waals surface area contributed by atoms with Gasteiger partial charge in [-0.25, -0.2) is 12.8 Å². The molecule has 0 atom stereocenters. The van der Waals surface area contributed by atoms with E-state index in [9.17, 15) is 12.8 Å². The number of hydrogen-bond acceptors (Lipinski definition) is 6. The van der Waals surface area contributed by atoms with Crippen LogP contribution in [0.25, 0.3) is 10.6 Å². The second-order valence-corrected chi connectivity index (χ2v) is 7.84. The first-order valence-electron chi connectivity index (χ1n) is 7.16. The summed E-state index contributed by atoms with van der Waals surface area (Å²) in [6.07, 6.45) is 0. The largest absolute Gasteiger partial charge is 0.494 e. The zero-order valence-electron chi connectivity index (χ0n) is 13.4. The highest BCUT2D eigenvalue weighted by atomic mass is 32.2. The summed E-state index contributed by atoms with van der Waals surface area (Å²) in [4.78, 5) is -0.224. The number of nitrogens with zero attached hydrogens (tertiary/aromatic N) is 2. The number of halogens is 1. The Bertz CT molecular complexity index is 1000. The van der Waals surface area contributed by atoms with Gasteiger partial charge >= 0.3 is 0 Å². The first kappa shape index (κ1) is 17.3. The van der Waals surface area contributed by atoms with Crippen molar-refractivity contribution in [2.45, 2.75) is 11.8 Å². The standard InChI is InChI=1S/C16H14FN3O3S2/c1-10-3-5-11(6-4-10)15-18-19-16(24-15)20-25(21,22)12-7-8-14(23-2)13(17)9-12/h3-9H,1-2H3,(H,19,20). The minimum atomic E-state index is -3.97. The summed E-state index contributed by atoms with van der Waals surface area (Å²) < 4.78 is 45.6. The number of sulfonamides is 1. The number of benzene rings is 2. The van der Waals surface area contributed by atoms with Gasteiger partial charge < -0.3 is 4.74 Å². The first-order valence-corrected chi connectivity index (χ1v) is 9.46. The third-order valence-corrected chi connectivity index (χ3v) is 5.73. The van der Waals surface area contributed by atoms with E-state index in [0.717, 1.165) is 28.5 Å². The summed E-state index contributed by atoms with van der Waals surface area (Å²) in [6, 6.07) is 11.0. The van der Waals surface area contributed by atoms with Crippen LogP contribution in [0.5, 0.6) is 5.75 Å². The maximum Gasteiger partial charge on any atom is 0.263 e. The molecule has 0 fully saturated rings. The Kier molecular flexibility index (Phi) is 4.69. The lowest BCUT2D eigenvalue weighted by Crippen LogP contribution is -2.13. The molecule has 0 aliphatic rings. The van der Waals surface area contributed by atoms with Gasteiger partial charge in [-0.3, -0.25) is 4.72 Å². The van der Waals surface area contributed by atoms with E-state index in [4.69, 9.17) is 4.74 Å². The van der Waals surface area contributed by atoms with Crippen LogP contribution in [0, 0.1) is 12.7 Å². The predicted octanol–water partition coefficient (Wildman–Crippen LogP) is 3.46. The van der Waals surface area contributed by atoms with E-state index in [0.29, 0.717) is 5.01 Å². The maximum atomic E-state index is 13.7. The van der Waals surface area contributed by atoms with Gasteiger partial charge in [0.2, 0.25) is 5.13 Å². The summed E-state index contributed by atoms with van der Waals surface area (Å²) in [5.41, 5.74) is 1.94. The Morgan fingerprint density at radius 3 is 2.48 bits per heavy atom. The van der Waals surface area contributed by atoms with Gasteiger partial charge in [-0.1, -0.05) is 41.2 Å². The van der Waals surface area contributed by atoms with Crippen molar-refractivity contribution in [3.63, 3.8) is 0 Å². The van der Waals surface area contributed by atoms with Crippen LogP contribution in [0.15, 0.2) is 47.4 Å². The van der Waals surface area contributed by atoms with E-state index in [-0.39, 0.29) is 15.8 Å². The van der Waals surface area contributed by atoms with Gasteiger partial charge in [-0.05, 0) is 25.1 Å². The first-order chi connectivity index (χ1) is 11.9. The monoisotopic (exact) mass is 379 g/mol. The molecule has 0 unspecified atom stereocenters. The van der Waals surface area contributed by atoms with Gasteiger partial charge in [-0.15, -0.1) is 10.2 Å². The lowest BCUT2D eigenvalue weighted by molar-refractivity contribution is 0.385. The smallest absolute Gasteiger partial charge is 0.263 e. The number of nitrogens with one attached hydrogen (secondary N) is 1. The molecular weight excluding hydrogens is 365 g/mol.